The van der Waals surface area contributed by atoms with E-state index in [9.17, 15) is 18.0 Å². The van der Waals surface area contributed by atoms with Crippen molar-refractivity contribution in [3.63, 3.8) is 0 Å². The lowest BCUT2D eigenvalue weighted by Gasteiger charge is -2.29. The number of nitrogens with zero attached hydrogens (tertiary/aromatic N) is 2. The number of para-hydroxylation sites is 1. The van der Waals surface area contributed by atoms with Crippen LogP contribution in [0.15, 0.2) is 29.1 Å². The summed E-state index contributed by atoms with van der Waals surface area (Å²) in [6, 6.07) is 6.17. The van der Waals surface area contributed by atoms with E-state index in [1.54, 1.807) is 12.1 Å². The lowest BCUT2D eigenvalue weighted by Crippen LogP contribution is -2.36. The number of ether oxygens (including phenoxy) is 1. The number of hydrogen-bond acceptors (Lipinski definition) is 4. The van der Waals surface area contributed by atoms with Crippen LogP contribution < -0.4 is 10.3 Å². The summed E-state index contributed by atoms with van der Waals surface area (Å²) in [6.07, 6.45) is 1.39. The van der Waals surface area contributed by atoms with Crippen molar-refractivity contribution in [2.45, 2.75) is 63.9 Å². The minimum absolute atomic E-state index is 0.0731. The van der Waals surface area contributed by atoms with Gasteiger partial charge in [0.05, 0.1) is 5.69 Å². The Labute approximate surface area is 166 Å². The second kappa shape index (κ2) is 8.18. The summed E-state index contributed by atoms with van der Waals surface area (Å²) in [5, 5.41) is 0. The monoisotopic (exact) mass is 407 g/mol. The van der Waals surface area contributed by atoms with Gasteiger partial charge in [-0.15, -0.1) is 13.2 Å². The van der Waals surface area contributed by atoms with Crippen LogP contribution in [0.2, 0.25) is 0 Å². The SMILES string of the molecule is O=c1[nH]c(C2CCCCC2)nc2c1CCN(Cc1ccccc1OC(F)(F)F)C2. The molecule has 2 heterocycles. The van der Waals surface area contributed by atoms with Crippen molar-refractivity contribution in [3.05, 3.63) is 57.3 Å². The van der Waals surface area contributed by atoms with Crippen molar-refractivity contribution >= 4 is 0 Å². The fourth-order valence-electron chi connectivity index (χ4n) is 4.32. The summed E-state index contributed by atoms with van der Waals surface area (Å²) in [4.78, 5) is 22.3. The van der Waals surface area contributed by atoms with Crippen LogP contribution in [-0.2, 0) is 19.5 Å². The number of fused-ring (bicyclic) bond motifs is 1. The van der Waals surface area contributed by atoms with Crippen LogP contribution in [0, 0.1) is 0 Å². The van der Waals surface area contributed by atoms with Gasteiger partial charge in [0.2, 0.25) is 0 Å². The Morgan fingerprint density at radius 3 is 2.69 bits per heavy atom. The first-order valence-electron chi connectivity index (χ1n) is 10.1. The maximum absolute atomic E-state index is 12.7. The molecule has 1 aliphatic carbocycles. The highest BCUT2D eigenvalue weighted by atomic mass is 19.4. The minimum atomic E-state index is -4.73. The van der Waals surface area contributed by atoms with Gasteiger partial charge >= 0.3 is 6.36 Å². The van der Waals surface area contributed by atoms with Crippen LogP contribution >= 0.6 is 0 Å². The second-order valence-corrected chi connectivity index (χ2v) is 7.83. The van der Waals surface area contributed by atoms with E-state index in [1.807, 2.05) is 4.90 Å². The molecule has 8 heteroatoms. The predicted molar refractivity (Wildman–Crippen MR) is 102 cm³/mol. The molecule has 0 saturated heterocycles. The predicted octanol–water partition coefficient (Wildman–Crippen LogP) is 4.27. The maximum atomic E-state index is 12.7. The molecular formula is C21H24F3N3O2. The first-order valence-corrected chi connectivity index (χ1v) is 10.1. The van der Waals surface area contributed by atoms with Crippen LogP contribution in [0.3, 0.4) is 0 Å². The Morgan fingerprint density at radius 1 is 1.17 bits per heavy atom. The molecule has 2 aliphatic rings. The first-order chi connectivity index (χ1) is 13.9. The number of aromatic amines is 1. The third-order valence-corrected chi connectivity index (χ3v) is 5.75. The van der Waals surface area contributed by atoms with Crippen molar-refractivity contribution < 1.29 is 17.9 Å². The van der Waals surface area contributed by atoms with Crippen LogP contribution in [0.4, 0.5) is 13.2 Å². The van der Waals surface area contributed by atoms with Gasteiger partial charge in [-0.3, -0.25) is 9.69 Å². The van der Waals surface area contributed by atoms with E-state index >= 15 is 0 Å². The second-order valence-electron chi connectivity index (χ2n) is 7.83. The van der Waals surface area contributed by atoms with Gasteiger partial charge < -0.3 is 9.72 Å². The third-order valence-electron chi connectivity index (χ3n) is 5.75. The molecule has 29 heavy (non-hydrogen) atoms. The van der Waals surface area contributed by atoms with E-state index in [1.165, 1.54) is 18.6 Å². The standard InChI is InChI=1S/C21H24F3N3O2/c22-21(23,24)29-18-9-5-4-8-15(18)12-27-11-10-16-17(13-27)25-19(26-20(16)28)14-6-2-1-3-7-14/h4-5,8-9,14H,1-3,6-7,10-13H2,(H,25,26,28). The highest BCUT2D eigenvalue weighted by molar-refractivity contribution is 5.34. The number of benzene rings is 1. The number of H-pyrrole nitrogens is 1. The van der Waals surface area contributed by atoms with E-state index in [2.05, 4.69) is 9.72 Å². The molecule has 0 bridgehead atoms. The smallest absolute Gasteiger partial charge is 0.405 e. The Kier molecular flexibility index (Phi) is 5.63. The summed E-state index contributed by atoms with van der Waals surface area (Å²) in [5.41, 5.74) is 1.83. The molecule has 0 spiro atoms. The zero-order chi connectivity index (χ0) is 20.4. The highest BCUT2D eigenvalue weighted by Gasteiger charge is 2.32. The van der Waals surface area contributed by atoms with E-state index in [0.29, 0.717) is 37.2 Å². The van der Waals surface area contributed by atoms with Crippen molar-refractivity contribution in [1.82, 2.24) is 14.9 Å². The van der Waals surface area contributed by atoms with Gasteiger partial charge in [-0.05, 0) is 25.3 Å². The fourth-order valence-corrected chi connectivity index (χ4v) is 4.32. The molecule has 1 fully saturated rings. The van der Waals surface area contributed by atoms with E-state index in [0.717, 1.165) is 37.2 Å². The van der Waals surface area contributed by atoms with Gasteiger partial charge in [-0.25, -0.2) is 4.98 Å². The Morgan fingerprint density at radius 2 is 1.93 bits per heavy atom. The molecule has 156 valence electrons. The average molecular weight is 407 g/mol. The first kappa shape index (κ1) is 19.9. The Hall–Kier alpha value is -2.35. The molecule has 0 amide bonds. The zero-order valence-electron chi connectivity index (χ0n) is 16.1. The van der Waals surface area contributed by atoms with Gasteiger partial charge in [-0.1, -0.05) is 37.5 Å². The number of rotatable bonds is 4. The number of alkyl halides is 3. The van der Waals surface area contributed by atoms with Crippen molar-refractivity contribution in [2.75, 3.05) is 6.54 Å². The summed E-state index contributed by atoms with van der Waals surface area (Å²) in [6.45, 7) is 1.33. The number of nitrogens with one attached hydrogen (secondary N) is 1. The van der Waals surface area contributed by atoms with Gasteiger partial charge in [-0.2, -0.15) is 0 Å². The lowest BCUT2D eigenvalue weighted by atomic mass is 9.88. The molecule has 1 aromatic heterocycles. The number of hydrogen-bond donors (Lipinski definition) is 1. The van der Waals surface area contributed by atoms with Crippen LogP contribution in [0.1, 0.15) is 60.7 Å². The molecule has 1 aromatic carbocycles. The summed E-state index contributed by atoms with van der Waals surface area (Å²) >= 11 is 0. The third kappa shape index (κ3) is 4.80. The average Bonchev–Trinajstić information content (AvgIpc) is 2.69. The largest absolute Gasteiger partial charge is 0.573 e. The lowest BCUT2D eigenvalue weighted by molar-refractivity contribution is -0.275. The quantitative estimate of drug-likeness (QED) is 0.822. The molecular weight excluding hydrogens is 383 g/mol. The van der Waals surface area contributed by atoms with Gasteiger partial charge in [0, 0.05) is 36.7 Å². The molecule has 0 atom stereocenters. The van der Waals surface area contributed by atoms with Gasteiger partial charge in [0.15, 0.2) is 0 Å². The minimum Gasteiger partial charge on any atom is -0.405 e. The molecule has 2 aromatic rings. The summed E-state index contributed by atoms with van der Waals surface area (Å²) in [5.74, 6) is 0.863. The Balaban J connectivity index is 1.53. The molecule has 0 unspecified atom stereocenters. The molecule has 4 rings (SSSR count). The molecule has 0 radical (unpaired) electrons. The van der Waals surface area contributed by atoms with Gasteiger partial charge in [0.1, 0.15) is 11.6 Å². The molecule has 1 saturated carbocycles. The topological polar surface area (TPSA) is 58.2 Å². The van der Waals surface area contributed by atoms with Crippen molar-refractivity contribution in [2.24, 2.45) is 0 Å². The number of aromatic nitrogens is 2. The van der Waals surface area contributed by atoms with Crippen molar-refractivity contribution in [1.29, 1.82) is 0 Å². The maximum Gasteiger partial charge on any atom is 0.573 e. The summed E-state index contributed by atoms with van der Waals surface area (Å²) in [7, 11) is 0. The summed E-state index contributed by atoms with van der Waals surface area (Å²) < 4.78 is 42.2. The highest BCUT2D eigenvalue weighted by Crippen LogP contribution is 2.31. The molecule has 5 nitrogen and oxygen atoms in total. The molecule has 1 N–H and O–H groups in total. The van der Waals surface area contributed by atoms with E-state index in [4.69, 9.17) is 4.98 Å². The normalized spacial score (nSPS) is 18.4. The van der Waals surface area contributed by atoms with Crippen molar-refractivity contribution in [3.8, 4) is 5.75 Å². The van der Waals surface area contributed by atoms with Gasteiger partial charge in [0.25, 0.3) is 5.56 Å². The van der Waals surface area contributed by atoms with Crippen LogP contribution in [-0.4, -0.2) is 27.8 Å². The van der Waals surface area contributed by atoms with Crippen LogP contribution in [0.25, 0.3) is 0 Å². The fraction of sp³-hybridized carbons (Fsp3) is 0.524. The van der Waals surface area contributed by atoms with Crippen LogP contribution in [0.5, 0.6) is 5.75 Å². The molecule has 1 aliphatic heterocycles. The number of halogens is 3. The van der Waals surface area contributed by atoms with E-state index < -0.39 is 6.36 Å². The van der Waals surface area contributed by atoms with E-state index in [-0.39, 0.29) is 17.2 Å². The zero-order valence-corrected chi connectivity index (χ0v) is 16.1. The Bertz CT molecular complexity index is 920.